The van der Waals surface area contributed by atoms with Crippen molar-refractivity contribution in [3.05, 3.63) is 42.2 Å². The summed E-state index contributed by atoms with van der Waals surface area (Å²) in [4.78, 5) is 11.9. The average molecular weight is 215 g/mol. The average Bonchev–Trinajstić information content (AvgIpc) is 3.01. The Kier molecular flexibility index (Phi) is 2.17. The molecule has 0 aliphatic heterocycles. The van der Waals surface area contributed by atoms with Gasteiger partial charge in [0.05, 0.1) is 17.7 Å². The number of nitrogens with zero attached hydrogens (tertiary/aromatic N) is 1. The normalized spacial score (nSPS) is 15.2. The Hall–Kier alpha value is -1.77. The third kappa shape index (κ3) is 1.69. The molecule has 1 aliphatic carbocycles. The zero-order chi connectivity index (χ0) is 11.0. The topological polar surface area (TPSA) is 30.7 Å². The maximum atomic E-state index is 11.9. The summed E-state index contributed by atoms with van der Waals surface area (Å²) in [5.41, 5.74) is 1.55. The molecule has 0 saturated heterocycles. The van der Waals surface area contributed by atoms with Gasteiger partial charge in [0.2, 0.25) is 0 Å². The van der Waals surface area contributed by atoms with E-state index >= 15 is 0 Å². The van der Waals surface area contributed by atoms with Gasteiger partial charge in [-0.15, -0.1) is 0 Å². The van der Waals surface area contributed by atoms with Crippen LogP contribution in [0.25, 0.3) is 5.52 Å². The molecule has 0 atom stereocenters. The van der Waals surface area contributed by atoms with Crippen molar-refractivity contribution in [1.82, 2.24) is 4.40 Å². The molecule has 82 valence electrons. The van der Waals surface area contributed by atoms with Crippen LogP contribution in [-0.4, -0.2) is 17.0 Å². The summed E-state index contributed by atoms with van der Waals surface area (Å²) in [7, 11) is 0. The highest BCUT2D eigenvalue weighted by Crippen LogP contribution is 2.29. The molecule has 2 aromatic rings. The molecule has 0 N–H and O–H groups in total. The van der Waals surface area contributed by atoms with E-state index in [-0.39, 0.29) is 5.97 Å². The van der Waals surface area contributed by atoms with E-state index in [0.717, 1.165) is 5.52 Å². The molecule has 1 aliphatic rings. The van der Waals surface area contributed by atoms with Gasteiger partial charge < -0.3 is 9.14 Å². The monoisotopic (exact) mass is 215 g/mol. The van der Waals surface area contributed by atoms with E-state index in [1.807, 2.05) is 41.1 Å². The second kappa shape index (κ2) is 3.67. The summed E-state index contributed by atoms with van der Waals surface area (Å²) >= 11 is 0. The Labute approximate surface area is 93.6 Å². The molecule has 0 radical (unpaired) electrons. The minimum absolute atomic E-state index is 0.212. The number of carbonyl (C=O) groups excluding carboxylic acids is 1. The minimum atomic E-state index is -0.212. The Morgan fingerprint density at radius 3 is 2.81 bits per heavy atom. The van der Waals surface area contributed by atoms with Gasteiger partial charge in [-0.25, -0.2) is 4.79 Å². The van der Waals surface area contributed by atoms with Crippen molar-refractivity contribution in [3.8, 4) is 0 Å². The fourth-order valence-electron chi connectivity index (χ4n) is 1.80. The van der Waals surface area contributed by atoms with Crippen LogP contribution in [0.15, 0.2) is 36.7 Å². The number of hydrogen-bond acceptors (Lipinski definition) is 2. The second-order valence-electron chi connectivity index (χ2n) is 4.26. The van der Waals surface area contributed by atoms with Crippen LogP contribution >= 0.6 is 0 Å². The first-order valence-corrected chi connectivity index (χ1v) is 5.57. The van der Waals surface area contributed by atoms with Gasteiger partial charge in [-0.3, -0.25) is 0 Å². The fourth-order valence-corrected chi connectivity index (χ4v) is 1.80. The number of pyridine rings is 1. The molecule has 3 nitrogen and oxygen atoms in total. The lowest BCUT2D eigenvalue weighted by Gasteiger charge is -2.05. The van der Waals surface area contributed by atoms with Crippen molar-refractivity contribution in [3.63, 3.8) is 0 Å². The largest absolute Gasteiger partial charge is 0.462 e. The number of carbonyl (C=O) groups is 1. The van der Waals surface area contributed by atoms with E-state index in [1.165, 1.54) is 12.8 Å². The molecule has 3 rings (SSSR count). The van der Waals surface area contributed by atoms with Crippen molar-refractivity contribution in [2.75, 3.05) is 6.61 Å². The quantitative estimate of drug-likeness (QED) is 0.736. The predicted octanol–water partition coefficient (Wildman–Crippen LogP) is 2.51. The van der Waals surface area contributed by atoms with E-state index < -0.39 is 0 Å². The van der Waals surface area contributed by atoms with Crippen LogP contribution in [0.4, 0.5) is 0 Å². The summed E-state index contributed by atoms with van der Waals surface area (Å²) in [6.07, 6.45) is 6.24. The number of rotatable bonds is 3. The van der Waals surface area contributed by atoms with Gasteiger partial charge in [0.15, 0.2) is 0 Å². The first-order valence-electron chi connectivity index (χ1n) is 5.57. The van der Waals surface area contributed by atoms with Gasteiger partial charge in [0, 0.05) is 12.4 Å². The lowest BCUT2D eigenvalue weighted by atomic mass is 10.2. The summed E-state index contributed by atoms with van der Waals surface area (Å²) in [5.74, 6) is 0.395. The molecular formula is C13H13NO2. The summed E-state index contributed by atoms with van der Waals surface area (Å²) in [6, 6.07) is 7.52. The number of esters is 1. The van der Waals surface area contributed by atoms with E-state index in [4.69, 9.17) is 4.74 Å². The third-order valence-corrected chi connectivity index (χ3v) is 2.93. The molecule has 0 unspecified atom stereocenters. The maximum absolute atomic E-state index is 11.9. The fraction of sp³-hybridized carbons (Fsp3) is 0.308. The molecular weight excluding hydrogens is 202 g/mol. The van der Waals surface area contributed by atoms with Crippen LogP contribution in [0.2, 0.25) is 0 Å². The summed E-state index contributed by atoms with van der Waals surface area (Å²) in [6.45, 7) is 0.570. The van der Waals surface area contributed by atoms with Crippen molar-refractivity contribution >= 4 is 11.5 Å². The molecule has 0 amide bonds. The van der Waals surface area contributed by atoms with Crippen molar-refractivity contribution in [2.24, 2.45) is 5.92 Å². The lowest BCUT2D eigenvalue weighted by Crippen LogP contribution is -2.08. The number of fused-ring (bicyclic) bond motifs is 1. The summed E-state index contributed by atoms with van der Waals surface area (Å²) < 4.78 is 7.20. The molecule has 1 fully saturated rings. The molecule has 0 bridgehead atoms. The highest BCUT2D eigenvalue weighted by atomic mass is 16.5. The van der Waals surface area contributed by atoms with Crippen LogP contribution in [0.1, 0.15) is 23.2 Å². The molecule has 0 aromatic carbocycles. The van der Waals surface area contributed by atoms with E-state index in [0.29, 0.717) is 18.1 Å². The first-order chi connectivity index (χ1) is 7.84. The number of hydrogen-bond donors (Lipinski definition) is 0. The van der Waals surface area contributed by atoms with Crippen LogP contribution in [0.5, 0.6) is 0 Å². The molecule has 16 heavy (non-hydrogen) atoms. The molecule has 2 heterocycles. The van der Waals surface area contributed by atoms with Crippen LogP contribution < -0.4 is 0 Å². The smallest absolute Gasteiger partial charge is 0.340 e. The highest BCUT2D eigenvalue weighted by Gasteiger charge is 2.23. The number of aromatic nitrogens is 1. The van der Waals surface area contributed by atoms with Crippen LogP contribution in [0, 0.1) is 5.92 Å². The second-order valence-corrected chi connectivity index (χ2v) is 4.26. The zero-order valence-electron chi connectivity index (χ0n) is 8.93. The summed E-state index contributed by atoms with van der Waals surface area (Å²) in [5, 5.41) is 0. The first kappa shape index (κ1) is 9.46. The van der Waals surface area contributed by atoms with E-state index in [1.54, 1.807) is 0 Å². The van der Waals surface area contributed by atoms with E-state index in [9.17, 15) is 4.79 Å². The van der Waals surface area contributed by atoms with Gasteiger partial charge in [-0.2, -0.15) is 0 Å². The standard InChI is InChI=1S/C13H13NO2/c15-13(16-9-10-5-6-10)11-3-1-7-14-8-2-4-12(11)14/h1-4,7-8,10H,5-6,9H2. The highest BCUT2D eigenvalue weighted by molar-refractivity contribution is 5.96. The molecule has 3 heteroatoms. The zero-order valence-corrected chi connectivity index (χ0v) is 8.93. The van der Waals surface area contributed by atoms with Gasteiger partial charge in [0.1, 0.15) is 0 Å². The Bertz CT molecular complexity index is 525. The van der Waals surface area contributed by atoms with Crippen LogP contribution in [-0.2, 0) is 4.74 Å². The number of ether oxygens (including phenoxy) is 1. The SMILES string of the molecule is O=C(OCC1CC1)c1cccn2cccc12. The van der Waals surface area contributed by atoms with E-state index in [2.05, 4.69) is 0 Å². The van der Waals surface area contributed by atoms with Crippen molar-refractivity contribution < 1.29 is 9.53 Å². The predicted molar refractivity (Wildman–Crippen MR) is 60.4 cm³/mol. The lowest BCUT2D eigenvalue weighted by molar-refractivity contribution is 0.0488. The maximum Gasteiger partial charge on any atom is 0.340 e. The van der Waals surface area contributed by atoms with Gasteiger partial charge in [-0.1, -0.05) is 0 Å². The van der Waals surface area contributed by atoms with Gasteiger partial charge >= 0.3 is 5.97 Å². The Morgan fingerprint density at radius 1 is 1.31 bits per heavy atom. The molecule has 1 saturated carbocycles. The van der Waals surface area contributed by atoms with Crippen molar-refractivity contribution in [1.29, 1.82) is 0 Å². The van der Waals surface area contributed by atoms with Crippen LogP contribution in [0.3, 0.4) is 0 Å². The Morgan fingerprint density at radius 2 is 2.06 bits per heavy atom. The molecule has 0 spiro atoms. The third-order valence-electron chi connectivity index (χ3n) is 2.93. The molecule has 2 aromatic heterocycles. The Balaban J connectivity index is 1.85. The van der Waals surface area contributed by atoms with Crippen molar-refractivity contribution in [2.45, 2.75) is 12.8 Å². The van der Waals surface area contributed by atoms with Gasteiger partial charge in [-0.05, 0) is 43.0 Å². The van der Waals surface area contributed by atoms with Gasteiger partial charge in [0.25, 0.3) is 0 Å². The minimum Gasteiger partial charge on any atom is -0.462 e.